The number of hydrogen-bond donors (Lipinski definition) is 3. The van der Waals surface area contributed by atoms with Crippen LogP contribution in [0.4, 0.5) is 10.8 Å². The van der Waals surface area contributed by atoms with E-state index in [0.717, 1.165) is 11.5 Å². The van der Waals surface area contributed by atoms with Crippen molar-refractivity contribution in [3.63, 3.8) is 0 Å². The molecule has 0 unspecified atom stereocenters. The highest BCUT2D eigenvalue weighted by Crippen LogP contribution is 2.27. The lowest BCUT2D eigenvalue weighted by atomic mass is 10.2. The molecule has 2 rings (SSSR count). The molecule has 0 aliphatic carbocycles. The lowest BCUT2D eigenvalue weighted by Crippen LogP contribution is -2.14. The monoisotopic (exact) mass is 268 g/mol. The van der Waals surface area contributed by atoms with Crippen molar-refractivity contribution in [2.75, 3.05) is 11.1 Å². The highest BCUT2D eigenvalue weighted by atomic mass is 32.1. The van der Waals surface area contributed by atoms with E-state index in [-0.39, 0.29) is 11.4 Å². The molecule has 0 aromatic carbocycles. The summed E-state index contributed by atoms with van der Waals surface area (Å²) in [5, 5.41) is 5.80. The van der Waals surface area contributed by atoms with Crippen LogP contribution in [-0.2, 0) is 6.54 Å². The Balaban J connectivity index is 2.15. The van der Waals surface area contributed by atoms with Crippen LogP contribution in [0.5, 0.6) is 0 Å². The van der Waals surface area contributed by atoms with E-state index < -0.39 is 5.91 Å². The summed E-state index contributed by atoms with van der Waals surface area (Å²) < 4.78 is 3.92. The first-order valence-corrected chi connectivity index (χ1v) is 6.56. The van der Waals surface area contributed by atoms with Crippen LogP contribution in [0.25, 0.3) is 0 Å². The number of carbonyl (C=O) groups excluding carboxylic acids is 1. The van der Waals surface area contributed by atoms with Crippen molar-refractivity contribution < 1.29 is 4.79 Å². The first-order chi connectivity index (χ1) is 8.09. The van der Waals surface area contributed by atoms with Crippen LogP contribution in [0.3, 0.4) is 0 Å². The summed E-state index contributed by atoms with van der Waals surface area (Å²) in [5.74, 6) is -0.366. The topological polar surface area (TPSA) is 94.0 Å². The number of aromatic nitrogens is 1. The fourth-order valence-electron chi connectivity index (χ4n) is 1.41. The number of nitrogen functional groups attached to an aromatic ring is 1. The predicted molar refractivity (Wildman–Crippen MR) is 71.4 cm³/mol. The van der Waals surface area contributed by atoms with E-state index in [1.165, 1.54) is 10.4 Å². The quantitative estimate of drug-likeness (QED) is 0.788. The van der Waals surface area contributed by atoms with Gasteiger partial charge in [-0.1, -0.05) is 0 Å². The third kappa shape index (κ3) is 2.40. The van der Waals surface area contributed by atoms with E-state index in [1.807, 2.05) is 12.3 Å². The van der Waals surface area contributed by atoms with Gasteiger partial charge in [0.25, 0.3) is 5.91 Å². The van der Waals surface area contributed by atoms with Gasteiger partial charge < -0.3 is 16.8 Å². The van der Waals surface area contributed by atoms with Gasteiger partial charge in [-0.15, -0.1) is 11.3 Å². The van der Waals surface area contributed by atoms with Gasteiger partial charge in [0, 0.05) is 4.88 Å². The molecule has 90 valence electrons. The molecule has 7 heteroatoms. The molecule has 1 amide bonds. The number of carbonyl (C=O) groups is 1. The number of nitrogens with zero attached hydrogens (tertiary/aromatic N) is 1. The molecule has 5 N–H and O–H groups in total. The summed E-state index contributed by atoms with van der Waals surface area (Å²) in [6.07, 6.45) is 0. The molecule has 0 saturated heterocycles. The Kier molecular flexibility index (Phi) is 3.30. The second-order valence-electron chi connectivity index (χ2n) is 3.52. The van der Waals surface area contributed by atoms with E-state index in [1.54, 1.807) is 11.3 Å². The molecule has 2 aromatic rings. The standard InChI is InChI=1S/C10H12N4OS2/c1-5-2-3-16-6(5)4-13-10-7(9(12)15)8(11)14-17-10/h2-3,13H,4H2,1H3,(H2,11,14)(H2,12,15). The summed E-state index contributed by atoms with van der Waals surface area (Å²) in [4.78, 5) is 12.4. The van der Waals surface area contributed by atoms with Gasteiger partial charge >= 0.3 is 0 Å². The van der Waals surface area contributed by atoms with Crippen molar-refractivity contribution in [1.82, 2.24) is 4.37 Å². The molecule has 0 radical (unpaired) electrons. The number of nitrogens with two attached hydrogens (primary N) is 2. The van der Waals surface area contributed by atoms with Gasteiger partial charge in [-0.2, -0.15) is 4.37 Å². The minimum Gasteiger partial charge on any atom is -0.382 e. The third-order valence-electron chi connectivity index (χ3n) is 2.34. The molecule has 0 bridgehead atoms. The van der Waals surface area contributed by atoms with Gasteiger partial charge in [-0.05, 0) is 35.5 Å². The molecule has 0 saturated carbocycles. The van der Waals surface area contributed by atoms with Gasteiger partial charge in [0.2, 0.25) is 0 Å². The Hall–Kier alpha value is -1.60. The van der Waals surface area contributed by atoms with Crippen LogP contribution >= 0.6 is 22.9 Å². The average molecular weight is 268 g/mol. The third-order valence-corrected chi connectivity index (χ3v) is 4.18. The van der Waals surface area contributed by atoms with E-state index in [4.69, 9.17) is 11.5 Å². The summed E-state index contributed by atoms with van der Waals surface area (Å²) in [5.41, 5.74) is 12.3. The van der Waals surface area contributed by atoms with Gasteiger partial charge in [0.15, 0.2) is 5.82 Å². The molecular weight excluding hydrogens is 256 g/mol. The van der Waals surface area contributed by atoms with Crippen molar-refractivity contribution in [1.29, 1.82) is 0 Å². The van der Waals surface area contributed by atoms with E-state index in [0.29, 0.717) is 11.5 Å². The highest BCUT2D eigenvalue weighted by Gasteiger charge is 2.16. The predicted octanol–water partition coefficient (Wildman–Crippen LogP) is 1.81. The fourth-order valence-corrected chi connectivity index (χ4v) is 2.97. The number of thiophene rings is 1. The van der Waals surface area contributed by atoms with E-state index in [9.17, 15) is 4.79 Å². The smallest absolute Gasteiger partial charge is 0.255 e. The molecule has 17 heavy (non-hydrogen) atoms. The number of aryl methyl sites for hydroxylation is 1. The molecule has 0 aliphatic heterocycles. The highest BCUT2D eigenvalue weighted by molar-refractivity contribution is 7.11. The maximum Gasteiger partial charge on any atom is 0.255 e. The lowest BCUT2D eigenvalue weighted by Gasteiger charge is -2.04. The zero-order valence-electron chi connectivity index (χ0n) is 9.19. The molecular formula is C10H12N4OS2. The number of hydrogen-bond acceptors (Lipinski definition) is 6. The molecule has 0 fully saturated rings. The molecule has 5 nitrogen and oxygen atoms in total. The molecule has 0 atom stereocenters. The summed E-state index contributed by atoms with van der Waals surface area (Å²) in [6.45, 7) is 2.69. The minimum absolute atomic E-state index is 0.188. The molecule has 2 aromatic heterocycles. The Morgan fingerprint density at radius 2 is 2.35 bits per heavy atom. The number of primary amides is 1. The second kappa shape index (κ2) is 4.72. The largest absolute Gasteiger partial charge is 0.382 e. The number of anilines is 2. The minimum atomic E-state index is -0.554. The first kappa shape index (κ1) is 11.9. The zero-order valence-corrected chi connectivity index (χ0v) is 10.8. The number of rotatable bonds is 4. The van der Waals surface area contributed by atoms with Crippen LogP contribution in [0, 0.1) is 6.92 Å². The second-order valence-corrected chi connectivity index (χ2v) is 5.29. The molecule has 0 spiro atoms. The van der Waals surface area contributed by atoms with Crippen molar-refractivity contribution in [2.45, 2.75) is 13.5 Å². The van der Waals surface area contributed by atoms with Gasteiger partial charge in [0.1, 0.15) is 10.6 Å². The molecule has 2 heterocycles. The SMILES string of the molecule is Cc1ccsc1CNc1snc(N)c1C(N)=O. The number of amides is 1. The van der Waals surface area contributed by atoms with Crippen molar-refractivity contribution in [3.05, 3.63) is 27.5 Å². The van der Waals surface area contributed by atoms with Gasteiger partial charge in [-0.25, -0.2) is 0 Å². The van der Waals surface area contributed by atoms with Crippen LogP contribution in [0.2, 0.25) is 0 Å². The maximum atomic E-state index is 11.2. The molecule has 0 aliphatic rings. The normalized spacial score (nSPS) is 10.4. The number of nitrogens with one attached hydrogen (secondary N) is 1. The Labute approximate surface area is 107 Å². The fraction of sp³-hybridized carbons (Fsp3) is 0.200. The summed E-state index contributed by atoms with van der Waals surface area (Å²) >= 11 is 2.81. The van der Waals surface area contributed by atoms with Crippen LogP contribution in [0.15, 0.2) is 11.4 Å². The average Bonchev–Trinajstić information content (AvgIpc) is 2.82. The van der Waals surface area contributed by atoms with Crippen molar-refractivity contribution >= 4 is 39.6 Å². The van der Waals surface area contributed by atoms with Crippen LogP contribution in [0.1, 0.15) is 20.8 Å². The Morgan fingerprint density at radius 3 is 2.94 bits per heavy atom. The van der Waals surface area contributed by atoms with Crippen LogP contribution in [-0.4, -0.2) is 10.3 Å². The maximum absolute atomic E-state index is 11.2. The Morgan fingerprint density at radius 1 is 1.59 bits per heavy atom. The van der Waals surface area contributed by atoms with Crippen molar-refractivity contribution in [2.24, 2.45) is 5.73 Å². The van der Waals surface area contributed by atoms with E-state index in [2.05, 4.69) is 15.8 Å². The van der Waals surface area contributed by atoms with Gasteiger partial charge in [-0.3, -0.25) is 4.79 Å². The first-order valence-electron chi connectivity index (χ1n) is 4.91. The zero-order chi connectivity index (χ0) is 12.4. The van der Waals surface area contributed by atoms with Crippen LogP contribution < -0.4 is 16.8 Å². The summed E-state index contributed by atoms with van der Waals surface area (Å²) in [7, 11) is 0. The summed E-state index contributed by atoms with van der Waals surface area (Å²) in [6, 6.07) is 2.05. The van der Waals surface area contributed by atoms with Gasteiger partial charge in [0.05, 0.1) is 6.54 Å². The Bertz CT molecular complexity index is 546. The van der Waals surface area contributed by atoms with E-state index >= 15 is 0 Å². The van der Waals surface area contributed by atoms with Crippen molar-refractivity contribution in [3.8, 4) is 0 Å². The lowest BCUT2D eigenvalue weighted by molar-refractivity contribution is 0.100.